The standard InChI is InChI=1S/C23H19F3N4O3S2/c1-22(2)20(32)30(15-6-5-14(11-16(15)34)23(24,25)26)21(33)29(22)12-13-7-8-27-18(10-13)28-19(31)17-4-3-9-35-17/h3-11,34H,12H2,1-2H3,(H,27,28,31). The lowest BCUT2D eigenvalue weighted by atomic mass is 10.0. The summed E-state index contributed by atoms with van der Waals surface area (Å²) in [7, 11) is 0. The molecule has 0 aliphatic carbocycles. The Labute approximate surface area is 208 Å². The maximum Gasteiger partial charge on any atom is 0.416 e. The maximum atomic E-state index is 13.3. The van der Waals surface area contributed by atoms with Gasteiger partial charge < -0.3 is 10.2 Å². The monoisotopic (exact) mass is 520 g/mol. The summed E-state index contributed by atoms with van der Waals surface area (Å²) >= 11 is 5.38. The molecule has 0 saturated carbocycles. The number of hydrogen-bond acceptors (Lipinski definition) is 6. The number of thiophene rings is 1. The van der Waals surface area contributed by atoms with Crippen LogP contribution in [-0.4, -0.2) is 33.3 Å². The zero-order valence-corrected chi connectivity index (χ0v) is 20.2. The molecule has 12 heteroatoms. The van der Waals surface area contributed by atoms with Gasteiger partial charge in [0.25, 0.3) is 11.8 Å². The number of hydrogen-bond donors (Lipinski definition) is 2. The highest BCUT2D eigenvalue weighted by molar-refractivity contribution is 7.80. The molecule has 0 spiro atoms. The lowest BCUT2D eigenvalue weighted by molar-refractivity contribution is -0.137. The molecule has 1 saturated heterocycles. The number of thiol groups is 1. The number of alkyl halides is 3. The second-order valence-electron chi connectivity index (χ2n) is 8.25. The fraction of sp³-hybridized carbons (Fsp3) is 0.217. The van der Waals surface area contributed by atoms with Crippen molar-refractivity contribution >= 4 is 53.3 Å². The number of anilines is 2. The number of nitrogens with one attached hydrogen (secondary N) is 1. The van der Waals surface area contributed by atoms with Crippen molar-refractivity contribution in [2.45, 2.75) is 37.0 Å². The van der Waals surface area contributed by atoms with Gasteiger partial charge in [0.05, 0.1) is 16.1 Å². The van der Waals surface area contributed by atoms with E-state index in [1.165, 1.54) is 22.4 Å². The van der Waals surface area contributed by atoms with E-state index in [0.29, 0.717) is 10.4 Å². The van der Waals surface area contributed by atoms with Crippen LogP contribution in [-0.2, 0) is 17.5 Å². The highest BCUT2D eigenvalue weighted by Gasteiger charge is 2.52. The van der Waals surface area contributed by atoms with Crippen LogP contribution in [0.4, 0.5) is 29.5 Å². The number of rotatable bonds is 5. The third kappa shape index (κ3) is 4.76. The van der Waals surface area contributed by atoms with E-state index in [0.717, 1.165) is 23.1 Å². The third-order valence-electron chi connectivity index (χ3n) is 5.52. The van der Waals surface area contributed by atoms with Gasteiger partial charge in [-0.25, -0.2) is 14.7 Å². The van der Waals surface area contributed by atoms with Crippen molar-refractivity contribution in [3.63, 3.8) is 0 Å². The number of pyridine rings is 1. The van der Waals surface area contributed by atoms with E-state index in [9.17, 15) is 27.6 Å². The zero-order chi connectivity index (χ0) is 25.5. The molecule has 0 atom stereocenters. The molecule has 4 amide bonds. The summed E-state index contributed by atoms with van der Waals surface area (Å²) in [5, 5.41) is 4.46. The number of urea groups is 1. The van der Waals surface area contributed by atoms with Gasteiger partial charge in [-0.1, -0.05) is 6.07 Å². The highest BCUT2D eigenvalue weighted by atomic mass is 32.1. The molecule has 3 heterocycles. The molecule has 0 radical (unpaired) electrons. The number of aromatic nitrogens is 1. The quantitative estimate of drug-likeness (QED) is 0.346. The average Bonchev–Trinajstić information content (AvgIpc) is 3.37. The largest absolute Gasteiger partial charge is 0.416 e. The first-order valence-corrected chi connectivity index (χ1v) is 11.6. The second-order valence-corrected chi connectivity index (χ2v) is 9.68. The third-order valence-corrected chi connectivity index (χ3v) is 6.75. The molecule has 1 fully saturated rings. The van der Waals surface area contributed by atoms with Crippen LogP contribution in [0.1, 0.15) is 34.6 Å². The minimum Gasteiger partial charge on any atom is -0.306 e. The number of carbonyl (C=O) groups is 3. The van der Waals surface area contributed by atoms with Gasteiger partial charge in [0, 0.05) is 17.6 Å². The Hall–Kier alpha value is -3.38. The molecule has 1 aromatic carbocycles. The van der Waals surface area contributed by atoms with Gasteiger partial charge >= 0.3 is 12.2 Å². The molecule has 0 unspecified atom stereocenters. The summed E-state index contributed by atoms with van der Waals surface area (Å²) in [6.07, 6.45) is -3.12. The number of benzene rings is 1. The van der Waals surface area contributed by atoms with Gasteiger partial charge in [-0.15, -0.1) is 24.0 Å². The normalized spacial score (nSPS) is 15.6. The topological polar surface area (TPSA) is 82.6 Å². The second kappa shape index (κ2) is 9.00. The Morgan fingerprint density at radius 3 is 2.54 bits per heavy atom. The van der Waals surface area contributed by atoms with Crippen LogP contribution in [0, 0.1) is 0 Å². The molecule has 1 aliphatic rings. The first kappa shape index (κ1) is 24.7. The van der Waals surface area contributed by atoms with Gasteiger partial charge in [0.15, 0.2) is 0 Å². The van der Waals surface area contributed by atoms with E-state index in [-0.39, 0.29) is 28.9 Å². The van der Waals surface area contributed by atoms with E-state index < -0.39 is 29.2 Å². The molecule has 35 heavy (non-hydrogen) atoms. The average molecular weight is 521 g/mol. The molecule has 7 nitrogen and oxygen atoms in total. The van der Waals surface area contributed by atoms with Crippen LogP contribution in [0.5, 0.6) is 0 Å². The van der Waals surface area contributed by atoms with Crippen molar-refractivity contribution in [3.05, 3.63) is 70.0 Å². The Kier molecular flexibility index (Phi) is 6.36. The zero-order valence-electron chi connectivity index (χ0n) is 18.5. The van der Waals surface area contributed by atoms with Gasteiger partial charge in [-0.2, -0.15) is 13.2 Å². The summed E-state index contributed by atoms with van der Waals surface area (Å²) in [4.78, 5) is 45.4. The number of imide groups is 1. The van der Waals surface area contributed by atoms with Crippen molar-refractivity contribution in [3.8, 4) is 0 Å². The van der Waals surface area contributed by atoms with Crippen LogP contribution < -0.4 is 10.2 Å². The molecular weight excluding hydrogens is 501 g/mol. The summed E-state index contributed by atoms with van der Waals surface area (Å²) in [6.45, 7) is 3.10. The van der Waals surface area contributed by atoms with Gasteiger partial charge in [0.2, 0.25) is 0 Å². The van der Waals surface area contributed by atoms with Crippen LogP contribution in [0.3, 0.4) is 0 Å². The minimum atomic E-state index is -4.59. The molecule has 2 aromatic heterocycles. The van der Waals surface area contributed by atoms with E-state index >= 15 is 0 Å². The van der Waals surface area contributed by atoms with Crippen molar-refractivity contribution in [1.29, 1.82) is 0 Å². The Morgan fingerprint density at radius 1 is 1.17 bits per heavy atom. The van der Waals surface area contributed by atoms with Crippen LogP contribution in [0.15, 0.2) is 58.9 Å². The van der Waals surface area contributed by atoms with Crippen molar-refractivity contribution in [2.24, 2.45) is 0 Å². The Bertz CT molecular complexity index is 1310. The lowest BCUT2D eigenvalue weighted by Gasteiger charge is -2.27. The predicted molar refractivity (Wildman–Crippen MR) is 128 cm³/mol. The van der Waals surface area contributed by atoms with Gasteiger partial charge in [-0.05, 0) is 61.2 Å². The van der Waals surface area contributed by atoms with E-state index in [1.54, 1.807) is 43.5 Å². The van der Waals surface area contributed by atoms with E-state index in [1.807, 2.05) is 0 Å². The molecule has 4 rings (SSSR count). The summed E-state index contributed by atoms with van der Waals surface area (Å²) in [5.74, 6) is -0.654. The summed E-state index contributed by atoms with van der Waals surface area (Å²) in [5.41, 5.74) is -1.67. The molecule has 182 valence electrons. The van der Waals surface area contributed by atoms with Gasteiger partial charge in [0.1, 0.15) is 11.4 Å². The van der Waals surface area contributed by atoms with Crippen LogP contribution in [0.2, 0.25) is 0 Å². The van der Waals surface area contributed by atoms with Crippen LogP contribution >= 0.6 is 24.0 Å². The SMILES string of the molecule is CC1(C)C(=O)N(c2ccc(C(F)(F)F)cc2S)C(=O)N1Cc1ccnc(NC(=O)c2cccs2)c1. The van der Waals surface area contributed by atoms with E-state index in [2.05, 4.69) is 22.9 Å². The van der Waals surface area contributed by atoms with Crippen molar-refractivity contribution in [2.75, 3.05) is 10.2 Å². The first-order chi connectivity index (χ1) is 16.4. The fourth-order valence-corrected chi connectivity index (χ4v) is 4.54. The highest BCUT2D eigenvalue weighted by Crippen LogP contribution is 2.39. The molecule has 3 aromatic rings. The summed E-state index contributed by atoms with van der Waals surface area (Å²) in [6, 6.07) is 8.59. The lowest BCUT2D eigenvalue weighted by Crippen LogP contribution is -2.43. The Morgan fingerprint density at radius 2 is 1.91 bits per heavy atom. The van der Waals surface area contributed by atoms with Crippen molar-refractivity contribution < 1.29 is 27.6 Å². The molecular formula is C23H19F3N4O3S2. The number of halogens is 3. The fourth-order valence-electron chi connectivity index (χ4n) is 3.61. The molecule has 1 aliphatic heterocycles. The Balaban J connectivity index is 1.58. The van der Waals surface area contributed by atoms with E-state index in [4.69, 9.17) is 0 Å². The van der Waals surface area contributed by atoms with Crippen molar-refractivity contribution in [1.82, 2.24) is 9.88 Å². The number of amides is 4. The molecule has 0 bridgehead atoms. The van der Waals surface area contributed by atoms with Gasteiger partial charge in [-0.3, -0.25) is 9.59 Å². The summed E-state index contributed by atoms with van der Waals surface area (Å²) < 4.78 is 39.1. The van der Waals surface area contributed by atoms with Crippen LogP contribution in [0.25, 0.3) is 0 Å². The minimum absolute atomic E-state index is 0.000997. The smallest absolute Gasteiger partial charge is 0.306 e. The first-order valence-electron chi connectivity index (χ1n) is 10.3. The number of nitrogens with zero attached hydrogens (tertiary/aromatic N) is 3. The predicted octanol–water partition coefficient (Wildman–Crippen LogP) is 5.45. The molecule has 1 N–H and O–H groups in total. The number of carbonyl (C=O) groups excluding carboxylic acids is 3. The maximum absolute atomic E-state index is 13.3.